The summed E-state index contributed by atoms with van der Waals surface area (Å²) in [6, 6.07) is 15.7. The summed E-state index contributed by atoms with van der Waals surface area (Å²) in [4.78, 5) is 26.3. The highest BCUT2D eigenvalue weighted by Gasteiger charge is 2.37. The van der Waals surface area contributed by atoms with E-state index in [9.17, 15) is 26.4 Å². The highest BCUT2D eigenvalue weighted by molar-refractivity contribution is 7.89. The summed E-state index contributed by atoms with van der Waals surface area (Å²) >= 11 is 0. The van der Waals surface area contributed by atoms with Crippen LogP contribution in [0.1, 0.15) is 52.7 Å². The van der Waals surface area contributed by atoms with Gasteiger partial charge in [-0.15, -0.1) is 0 Å². The van der Waals surface area contributed by atoms with E-state index in [2.05, 4.69) is 0 Å². The van der Waals surface area contributed by atoms with Crippen molar-refractivity contribution in [3.8, 4) is 11.5 Å². The van der Waals surface area contributed by atoms with Gasteiger partial charge in [0.2, 0.25) is 20.0 Å². The van der Waals surface area contributed by atoms with Crippen molar-refractivity contribution in [1.29, 1.82) is 0 Å². The van der Waals surface area contributed by atoms with Gasteiger partial charge in [0.1, 0.15) is 23.6 Å². The van der Waals surface area contributed by atoms with Crippen LogP contribution < -0.4 is 9.47 Å². The van der Waals surface area contributed by atoms with Crippen molar-refractivity contribution < 1.29 is 45.4 Å². The van der Waals surface area contributed by atoms with Crippen LogP contribution in [0.4, 0.5) is 0 Å². The molecule has 14 heteroatoms. The molecule has 3 aromatic carbocycles. The van der Waals surface area contributed by atoms with Crippen molar-refractivity contribution in [3.63, 3.8) is 0 Å². The molecule has 0 saturated carbocycles. The number of methoxy groups -OCH3 is 2. The number of carbonyl (C=O) groups excluding carboxylic acids is 2. The van der Waals surface area contributed by atoms with Crippen molar-refractivity contribution in [2.75, 3.05) is 27.4 Å². The van der Waals surface area contributed by atoms with Crippen LogP contribution >= 0.6 is 0 Å². The maximum Gasteiger partial charge on any atom is 0.324 e. The molecule has 274 valence electrons. The van der Waals surface area contributed by atoms with E-state index >= 15 is 0 Å². The van der Waals surface area contributed by atoms with Gasteiger partial charge in [0.15, 0.2) is 0 Å². The van der Waals surface area contributed by atoms with Gasteiger partial charge >= 0.3 is 11.9 Å². The minimum absolute atomic E-state index is 0.0198. The van der Waals surface area contributed by atoms with Gasteiger partial charge in [0, 0.05) is 13.1 Å². The van der Waals surface area contributed by atoms with Crippen LogP contribution in [-0.2, 0) is 52.2 Å². The molecule has 3 rings (SSSR count). The monoisotopic (exact) mass is 732 g/mol. The zero-order valence-electron chi connectivity index (χ0n) is 29.9. The number of sulfonamides is 2. The molecule has 0 heterocycles. The number of rotatable bonds is 18. The standard InChI is InChI=1S/C36H48N2O10S2/c1-25(2)23-47-35(39)27(5)37(49(41,42)33-17-13-31(45-7)14-18-33)21-29-11-9-10-12-30(29)22-38(28(6)36(40)48-24-26(3)4)50(43,44)34-19-15-32(46-8)16-20-34/h9-20,25-28H,21-24H2,1-8H3/t27-,28-/m1/s1. The normalized spacial score (nSPS) is 13.4. The number of carbonyl (C=O) groups is 2. The molecule has 0 unspecified atom stereocenters. The Balaban J connectivity index is 2.11. The summed E-state index contributed by atoms with van der Waals surface area (Å²) in [5.74, 6) is -0.538. The molecule has 0 bridgehead atoms. The van der Waals surface area contributed by atoms with Crippen molar-refractivity contribution in [2.45, 2.75) is 76.5 Å². The molecule has 3 aromatic rings. The van der Waals surface area contributed by atoms with E-state index < -0.39 is 44.1 Å². The summed E-state index contributed by atoms with van der Waals surface area (Å²) in [5.41, 5.74) is 0.816. The second-order valence-corrected chi connectivity index (χ2v) is 16.4. The molecule has 0 saturated heterocycles. The molecule has 0 fully saturated rings. The lowest BCUT2D eigenvalue weighted by atomic mass is 10.1. The zero-order valence-corrected chi connectivity index (χ0v) is 31.5. The van der Waals surface area contributed by atoms with Crippen LogP contribution in [0.15, 0.2) is 82.6 Å². The summed E-state index contributed by atoms with van der Waals surface area (Å²) in [5, 5.41) is 0. The molecule has 0 spiro atoms. The van der Waals surface area contributed by atoms with Gasteiger partial charge in [-0.05, 0) is 85.3 Å². The largest absolute Gasteiger partial charge is 0.497 e. The van der Waals surface area contributed by atoms with Crippen molar-refractivity contribution in [1.82, 2.24) is 8.61 Å². The Kier molecular flexibility index (Phi) is 14.4. The minimum atomic E-state index is -4.32. The fourth-order valence-corrected chi connectivity index (χ4v) is 7.93. The molecule has 50 heavy (non-hydrogen) atoms. The predicted molar refractivity (Wildman–Crippen MR) is 188 cm³/mol. The second kappa shape index (κ2) is 17.8. The first-order valence-corrected chi connectivity index (χ1v) is 19.1. The summed E-state index contributed by atoms with van der Waals surface area (Å²) in [6.45, 7) is 9.92. The number of nitrogens with zero attached hydrogens (tertiary/aromatic N) is 2. The van der Waals surface area contributed by atoms with Gasteiger partial charge in [-0.3, -0.25) is 9.59 Å². The number of benzene rings is 3. The lowest BCUT2D eigenvalue weighted by Gasteiger charge is -2.30. The summed E-state index contributed by atoms with van der Waals surface area (Å²) < 4.78 is 80.0. The molecular weight excluding hydrogens is 685 g/mol. The Bertz CT molecular complexity index is 1660. The van der Waals surface area contributed by atoms with Gasteiger partial charge in [0.25, 0.3) is 0 Å². The van der Waals surface area contributed by atoms with Crippen LogP contribution in [0.2, 0.25) is 0 Å². The fourth-order valence-electron chi connectivity index (χ4n) is 4.80. The molecule has 0 aliphatic carbocycles. The van der Waals surface area contributed by atoms with Gasteiger partial charge in [-0.1, -0.05) is 52.0 Å². The van der Waals surface area contributed by atoms with E-state index in [1.165, 1.54) is 76.6 Å². The Morgan fingerprint density at radius 3 is 1.16 bits per heavy atom. The highest BCUT2D eigenvalue weighted by atomic mass is 32.2. The van der Waals surface area contributed by atoms with Gasteiger partial charge in [0.05, 0.1) is 37.2 Å². The highest BCUT2D eigenvalue weighted by Crippen LogP contribution is 2.28. The van der Waals surface area contributed by atoms with E-state index in [0.717, 1.165) is 8.61 Å². The first-order chi connectivity index (χ1) is 23.5. The van der Waals surface area contributed by atoms with E-state index in [4.69, 9.17) is 18.9 Å². The van der Waals surface area contributed by atoms with Crippen LogP contribution in [0.5, 0.6) is 11.5 Å². The minimum Gasteiger partial charge on any atom is -0.497 e. The topological polar surface area (TPSA) is 146 Å². The maximum absolute atomic E-state index is 14.2. The molecule has 12 nitrogen and oxygen atoms in total. The molecule has 0 aliphatic rings. The maximum atomic E-state index is 14.2. The third-order valence-electron chi connectivity index (χ3n) is 7.77. The molecule has 0 amide bonds. The van der Waals surface area contributed by atoms with Crippen LogP contribution in [-0.4, -0.2) is 76.9 Å². The SMILES string of the molecule is COc1ccc(S(=O)(=O)N(Cc2ccccc2CN([C@H](C)C(=O)OCC(C)C)S(=O)(=O)c2ccc(OC)cc2)[C@H](C)C(=O)OCC(C)C)cc1. The Hall–Kier alpha value is -3.98. The summed E-state index contributed by atoms with van der Waals surface area (Å²) in [7, 11) is -5.71. The zero-order chi connectivity index (χ0) is 37.2. The molecule has 0 radical (unpaired) electrons. The molecule has 0 aliphatic heterocycles. The smallest absolute Gasteiger partial charge is 0.324 e. The van der Waals surface area contributed by atoms with E-state index in [1.54, 1.807) is 24.3 Å². The number of hydrogen-bond acceptors (Lipinski definition) is 10. The molecule has 0 aromatic heterocycles. The van der Waals surface area contributed by atoms with Crippen molar-refractivity contribution >= 4 is 32.0 Å². The first-order valence-electron chi connectivity index (χ1n) is 16.2. The Morgan fingerprint density at radius 1 is 0.560 bits per heavy atom. The van der Waals surface area contributed by atoms with Crippen LogP contribution in [0, 0.1) is 11.8 Å². The Labute approximate surface area is 296 Å². The van der Waals surface area contributed by atoms with E-state index in [0.29, 0.717) is 22.6 Å². The molecule has 0 N–H and O–H groups in total. The fraction of sp³-hybridized carbons (Fsp3) is 0.444. The third kappa shape index (κ3) is 10.3. The number of esters is 2. The van der Waals surface area contributed by atoms with Gasteiger partial charge in [-0.2, -0.15) is 8.61 Å². The number of hydrogen-bond donors (Lipinski definition) is 0. The average Bonchev–Trinajstić information content (AvgIpc) is 3.10. The molecular formula is C36H48N2O10S2. The second-order valence-electron chi connectivity index (χ2n) is 12.6. The van der Waals surface area contributed by atoms with E-state index in [-0.39, 0.29) is 47.9 Å². The number of ether oxygens (including phenoxy) is 4. The predicted octanol–water partition coefficient (Wildman–Crippen LogP) is 5.26. The van der Waals surface area contributed by atoms with E-state index in [1.807, 2.05) is 27.7 Å². The van der Waals surface area contributed by atoms with Crippen LogP contribution in [0.3, 0.4) is 0 Å². The van der Waals surface area contributed by atoms with Crippen molar-refractivity contribution in [2.24, 2.45) is 11.8 Å². The molecule has 2 atom stereocenters. The summed E-state index contributed by atoms with van der Waals surface area (Å²) in [6.07, 6.45) is 0. The van der Waals surface area contributed by atoms with Gasteiger partial charge < -0.3 is 18.9 Å². The quantitative estimate of drug-likeness (QED) is 0.159. The lowest BCUT2D eigenvalue weighted by molar-refractivity contribution is -0.149. The average molecular weight is 733 g/mol. The van der Waals surface area contributed by atoms with Crippen LogP contribution in [0.25, 0.3) is 0 Å². The third-order valence-corrected chi connectivity index (χ3v) is 11.6. The van der Waals surface area contributed by atoms with Crippen molar-refractivity contribution in [3.05, 3.63) is 83.9 Å². The Morgan fingerprint density at radius 2 is 0.880 bits per heavy atom. The lowest BCUT2D eigenvalue weighted by Crippen LogP contribution is -2.45. The van der Waals surface area contributed by atoms with Gasteiger partial charge in [-0.25, -0.2) is 16.8 Å². The first kappa shape index (κ1) is 40.4.